The minimum atomic E-state index is -4.71. The number of halogens is 5. The van der Waals surface area contributed by atoms with Gasteiger partial charge in [-0.25, -0.2) is 4.98 Å². The number of pyridine rings is 1. The number of nitrogens with zero attached hydrogens (tertiary/aromatic N) is 2. The third-order valence-corrected chi connectivity index (χ3v) is 6.71. The molecule has 0 saturated heterocycles. The average Bonchev–Trinajstić information content (AvgIpc) is 2.87. The van der Waals surface area contributed by atoms with Crippen LogP contribution >= 0.6 is 35.0 Å². The second-order valence-electron chi connectivity index (χ2n) is 7.70. The van der Waals surface area contributed by atoms with Gasteiger partial charge in [0.05, 0.1) is 16.8 Å². The van der Waals surface area contributed by atoms with Gasteiger partial charge in [0.1, 0.15) is 23.5 Å². The molecule has 0 N–H and O–H groups in total. The van der Waals surface area contributed by atoms with Gasteiger partial charge in [-0.05, 0) is 65.7 Å². The molecule has 0 fully saturated rings. The summed E-state index contributed by atoms with van der Waals surface area (Å²) in [5.41, 5.74) is 0.844. The van der Waals surface area contributed by atoms with Crippen LogP contribution in [-0.2, 0) is 18.5 Å². The van der Waals surface area contributed by atoms with E-state index >= 15 is 0 Å². The molecular weight excluding hydrogens is 528 g/mol. The van der Waals surface area contributed by atoms with Crippen molar-refractivity contribution in [3.63, 3.8) is 0 Å². The Kier molecular flexibility index (Phi) is 8.10. The second kappa shape index (κ2) is 11.3. The highest BCUT2D eigenvalue weighted by molar-refractivity contribution is 7.98. The topological polar surface area (TPSA) is 45.9 Å². The molecule has 3 nitrogen and oxygen atoms in total. The molecule has 0 unspecified atom stereocenters. The van der Waals surface area contributed by atoms with Crippen LogP contribution in [0.25, 0.3) is 11.3 Å². The van der Waals surface area contributed by atoms with Crippen molar-refractivity contribution in [2.24, 2.45) is 0 Å². The number of ether oxygens (including phenoxy) is 1. The molecule has 0 spiro atoms. The lowest BCUT2D eigenvalue weighted by Crippen LogP contribution is -2.10. The van der Waals surface area contributed by atoms with Gasteiger partial charge in [-0.2, -0.15) is 18.4 Å². The molecule has 9 heteroatoms. The molecule has 0 atom stereocenters. The third-order valence-electron chi connectivity index (χ3n) is 5.16. The predicted octanol–water partition coefficient (Wildman–Crippen LogP) is 8.82. The first-order valence-corrected chi connectivity index (χ1v) is 12.3. The number of hydrogen-bond donors (Lipinski definition) is 0. The number of hydrogen-bond acceptors (Lipinski definition) is 4. The van der Waals surface area contributed by atoms with Crippen LogP contribution in [0.3, 0.4) is 0 Å². The van der Waals surface area contributed by atoms with Gasteiger partial charge in [-0.1, -0.05) is 47.5 Å². The third kappa shape index (κ3) is 6.52. The van der Waals surface area contributed by atoms with Crippen LogP contribution in [0.15, 0.2) is 83.9 Å². The van der Waals surface area contributed by atoms with Crippen molar-refractivity contribution in [1.82, 2.24) is 4.98 Å². The Morgan fingerprint density at radius 2 is 1.44 bits per heavy atom. The lowest BCUT2D eigenvalue weighted by molar-refractivity contribution is -0.138. The van der Waals surface area contributed by atoms with Crippen LogP contribution < -0.4 is 4.74 Å². The first-order chi connectivity index (χ1) is 17.2. The first kappa shape index (κ1) is 25.9. The van der Waals surface area contributed by atoms with E-state index in [0.717, 1.165) is 29.0 Å². The molecule has 0 radical (unpaired) electrons. The van der Waals surface area contributed by atoms with Crippen LogP contribution in [0, 0.1) is 11.3 Å². The fraction of sp³-hybridized carbons (Fsp3) is 0.111. The van der Waals surface area contributed by atoms with E-state index in [1.807, 2.05) is 12.1 Å². The van der Waals surface area contributed by atoms with Gasteiger partial charge >= 0.3 is 6.18 Å². The molecule has 0 aliphatic rings. The Bertz CT molecular complexity index is 1390. The maximum atomic E-state index is 13.8. The van der Waals surface area contributed by atoms with Crippen LogP contribution in [0.4, 0.5) is 13.2 Å². The van der Waals surface area contributed by atoms with Gasteiger partial charge in [0, 0.05) is 21.4 Å². The van der Waals surface area contributed by atoms with E-state index in [2.05, 4.69) is 4.98 Å². The second-order valence-corrected chi connectivity index (χ2v) is 9.54. The summed E-state index contributed by atoms with van der Waals surface area (Å²) < 4.78 is 47.3. The Morgan fingerprint density at radius 3 is 2.00 bits per heavy atom. The Labute approximate surface area is 220 Å². The summed E-state index contributed by atoms with van der Waals surface area (Å²) in [6.07, 6.45) is -4.71. The SMILES string of the molecule is N#Cc1c(C(F)(F)F)cc(-c2ccc(OCc3ccc(Cl)cc3)cc2)nc1SCc1ccc(Cl)cc1. The summed E-state index contributed by atoms with van der Waals surface area (Å²) in [5.74, 6) is 0.882. The molecule has 1 aromatic heterocycles. The van der Waals surface area contributed by atoms with E-state index in [1.54, 1.807) is 66.7 Å². The van der Waals surface area contributed by atoms with Gasteiger partial charge in [-0.3, -0.25) is 0 Å². The van der Waals surface area contributed by atoms with E-state index in [0.29, 0.717) is 33.7 Å². The molecule has 0 aliphatic heterocycles. The molecule has 36 heavy (non-hydrogen) atoms. The maximum absolute atomic E-state index is 13.8. The fourth-order valence-corrected chi connectivity index (χ4v) is 4.52. The van der Waals surface area contributed by atoms with Crippen molar-refractivity contribution in [2.75, 3.05) is 0 Å². The number of alkyl halides is 3. The molecule has 182 valence electrons. The van der Waals surface area contributed by atoms with Crippen molar-refractivity contribution in [3.05, 3.63) is 111 Å². The molecule has 0 amide bonds. The Balaban J connectivity index is 1.60. The Hall–Kier alpha value is -3.18. The fourth-order valence-electron chi connectivity index (χ4n) is 3.31. The van der Waals surface area contributed by atoms with Crippen molar-refractivity contribution in [2.45, 2.75) is 23.6 Å². The van der Waals surface area contributed by atoms with Gasteiger partial charge in [0.25, 0.3) is 0 Å². The number of rotatable bonds is 7. The van der Waals surface area contributed by atoms with Crippen LogP contribution in [0.1, 0.15) is 22.3 Å². The van der Waals surface area contributed by atoms with Crippen LogP contribution in [-0.4, -0.2) is 4.98 Å². The number of thioether (sulfide) groups is 1. The zero-order valence-corrected chi connectivity index (χ0v) is 20.8. The molecule has 4 aromatic rings. The minimum Gasteiger partial charge on any atom is -0.489 e. The number of benzene rings is 3. The lowest BCUT2D eigenvalue weighted by Gasteiger charge is -2.15. The molecular formula is C27H17Cl2F3N2OS. The van der Waals surface area contributed by atoms with E-state index in [4.69, 9.17) is 27.9 Å². The highest BCUT2D eigenvalue weighted by atomic mass is 35.5. The van der Waals surface area contributed by atoms with Crippen molar-refractivity contribution < 1.29 is 17.9 Å². The number of aromatic nitrogens is 1. The van der Waals surface area contributed by atoms with E-state index in [9.17, 15) is 18.4 Å². The quantitative estimate of drug-likeness (QED) is 0.218. The monoisotopic (exact) mass is 544 g/mol. The summed E-state index contributed by atoms with van der Waals surface area (Å²) >= 11 is 12.9. The molecule has 0 aliphatic carbocycles. The zero-order chi connectivity index (χ0) is 25.7. The molecule has 1 heterocycles. The number of nitriles is 1. The summed E-state index contributed by atoms with van der Waals surface area (Å²) in [7, 11) is 0. The van der Waals surface area contributed by atoms with Gasteiger partial charge in [0.2, 0.25) is 0 Å². The predicted molar refractivity (Wildman–Crippen MR) is 136 cm³/mol. The van der Waals surface area contributed by atoms with E-state index in [1.165, 1.54) is 0 Å². The van der Waals surface area contributed by atoms with E-state index < -0.39 is 17.3 Å². The van der Waals surface area contributed by atoms with Crippen molar-refractivity contribution in [3.8, 4) is 23.1 Å². The van der Waals surface area contributed by atoms with Crippen LogP contribution in [0.2, 0.25) is 10.0 Å². The highest BCUT2D eigenvalue weighted by Gasteiger charge is 2.36. The summed E-state index contributed by atoms with van der Waals surface area (Å²) in [6.45, 7) is 0.315. The molecule has 0 saturated carbocycles. The standard InChI is InChI=1S/C27H17Cl2F3N2OS/c28-20-7-1-17(2-8-20)15-35-22-11-5-19(6-12-22)25-13-24(27(30,31)32)23(14-33)26(34-25)36-16-18-3-9-21(29)10-4-18/h1-13H,15-16H2. The summed E-state index contributed by atoms with van der Waals surface area (Å²) in [5, 5.41) is 10.7. The zero-order valence-electron chi connectivity index (χ0n) is 18.5. The largest absolute Gasteiger partial charge is 0.489 e. The van der Waals surface area contributed by atoms with Crippen LogP contribution in [0.5, 0.6) is 5.75 Å². The maximum Gasteiger partial charge on any atom is 0.417 e. The smallest absolute Gasteiger partial charge is 0.417 e. The normalized spacial score (nSPS) is 11.2. The summed E-state index contributed by atoms with van der Waals surface area (Å²) in [4.78, 5) is 4.41. The molecule has 4 rings (SSSR count). The van der Waals surface area contributed by atoms with Crippen molar-refractivity contribution in [1.29, 1.82) is 5.26 Å². The van der Waals surface area contributed by atoms with Gasteiger partial charge < -0.3 is 4.74 Å². The van der Waals surface area contributed by atoms with Crippen molar-refractivity contribution >= 4 is 35.0 Å². The molecule has 3 aromatic carbocycles. The summed E-state index contributed by atoms with van der Waals surface area (Å²) in [6, 6.07) is 23.4. The molecule has 0 bridgehead atoms. The lowest BCUT2D eigenvalue weighted by atomic mass is 10.1. The van der Waals surface area contributed by atoms with Gasteiger partial charge in [-0.15, -0.1) is 11.8 Å². The highest BCUT2D eigenvalue weighted by Crippen LogP contribution is 2.39. The Morgan fingerprint density at radius 1 is 0.861 bits per heavy atom. The first-order valence-electron chi connectivity index (χ1n) is 10.6. The average molecular weight is 545 g/mol. The minimum absolute atomic E-state index is 0.0142. The van der Waals surface area contributed by atoms with E-state index in [-0.39, 0.29) is 10.7 Å². The van der Waals surface area contributed by atoms with Gasteiger partial charge in [0.15, 0.2) is 0 Å².